The van der Waals surface area contributed by atoms with E-state index in [9.17, 15) is 13.2 Å². The molecule has 1 aliphatic rings. The zero-order valence-corrected chi connectivity index (χ0v) is 20.7. The molecule has 0 aliphatic heterocycles. The van der Waals surface area contributed by atoms with Crippen LogP contribution in [-0.4, -0.2) is 57.8 Å². The van der Waals surface area contributed by atoms with Crippen LogP contribution in [0.2, 0.25) is 5.02 Å². The molecule has 6 nitrogen and oxygen atoms in total. The van der Waals surface area contributed by atoms with Gasteiger partial charge in [-0.1, -0.05) is 35.9 Å². The van der Waals surface area contributed by atoms with E-state index in [0.717, 1.165) is 31.2 Å². The number of nitrogens with one attached hydrogen (secondary N) is 1. The van der Waals surface area contributed by atoms with Gasteiger partial charge in [0.15, 0.2) is 0 Å². The van der Waals surface area contributed by atoms with Crippen molar-refractivity contribution in [3.63, 3.8) is 0 Å². The van der Waals surface area contributed by atoms with E-state index in [1.807, 2.05) is 31.1 Å². The molecule has 0 saturated heterocycles. The Bertz CT molecular complexity index is 1020. The van der Waals surface area contributed by atoms with E-state index in [0.29, 0.717) is 10.9 Å². The molecule has 0 heterocycles. The molecule has 8 heteroatoms. The summed E-state index contributed by atoms with van der Waals surface area (Å²) in [5.41, 5.74) is 2.20. The number of hydrogen-bond donors (Lipinski definition) is 1. The van der Waals surface area contributed by atoms with Gasteiger partial charge in [-0.3, -0.25) is 9.69 Å². The van der Waals surface area contributed by atoms with Crippen LogP contribution in [0.1, 0.15) is 48.8 Å². The van der Waals surface area contributed by atoms with Crippen molar-refractivity contribution in [2.45, 2.75) is 48.6 Å². The van der Waals surface area contributed by atoms with Crippen LogP contribution in [0, 0.1) is 0 Å². The number of likely N-dealkylation sites (N-methyl/N-ethyl adjacent to an activating group) is 2. The number of amides is 1. The molecule has 0 radical (unpaired) electrons. The third-order valence-electron chi connectivity index (χ3n) is 6.44. The lowest BCUT2D eigenvalue weighted by atomic mass is 9.81. The number of rotatable bonds is 7. The highest BCUT2D eigenvalue weighted by molar-refractivity contribution is 7.89. The average Bonchev–Trinajstić information content (AvgIpc) is 2.79. The van der Waals surface area contributed by atoms with Crippen molar-refractivity contribution < 1.29 is 13.2 Å². The molecule has 1 unspecified atom stereocenters. The third kappa shape index (κ3) is 5.34. The maximum atomic E-state index is 13.0. The first kappa shape index (κ1) is 24.7. The summed E-state index contributed by atoms with van der Waals surface area (Å²) in [6.07, 6.45) is 3.48. The molecule has 32 heavy (non-hydrogen) atoms. The zero-order chi connectivity index (χ0) is 23.5. The Balaban J connectivity index is 1.65. The first-order valence-corrected chi connectivity index (χ1v) is 12.7. The normalized spacial score (nSPS) is 20.3. The smallest absolute Gasteiger partial charge is 0.243 e. The number of benzene rings is 2. The molecule has 174 valence electrons. The van der Waals surface area contributed by atoms with Gasteiger partial charge in [-0.2, -0.15) is 4.31 Å². The number of carbonyl (C=O) groups excluding carboxylic acids is 1. The quantitative estimate of drug-likeness (QED) is 0.653. The Hall–Kier alpha value is -1.93. The van der Waals surface area contributed by atoms with Crippen molar-refractivity contribution in [1.82, 2.24) is 14.5 Å². The summed E-state index contributed by atoms with van der Waals surface area (Å²) in [5, 5.41) is 3.24. The Morgan fingerprint density at radius 3 is 2.03 bits per heavy atom. The average molecular weight is 478 g/mol. The summed E-state index contributed by atoms with van der Waals surface area (Å²) < 4.78 is 27.5. The van der Waals surface area contributed by atoms with Gasteiger partial charge in [-0.15, -0.1) is 0 Å². The van der Waals surface area contributed by atoms with E-state index >= 15 is 0 Å². The highest BCUT2D eigenvalue weighted by atomic mass is 35.5. The fourth-order valence-electron chi connectivity index (χ4n) is 4.51. The summed E-state index contributed by atoms with van der Waals surface area (Å²) in [5.74, 6) is 0.359. The summed E-state index contributed by atoms with van der Waals surface area (Å²) in [6.45, 7) is 0. The molecule has 1 saturated carbocycles. The molecule has 0 bridgehead atoms. The number of carbonyl (C=O) groups is 1. The summed E-state index contributed by atoms with van der Waals surface area (Å²) in [4.78, 5) is 14.4. The van der Waals surface area contributed by atoms with Gasteiger partial charge in [0, 0.05) is 25.2 Å². The van der Waals surface area contributed by atoms with Crippen molar-refractivity contribution in [2.24, 2.45) is 0 Å². The van der Waals surface area contributed by atoms with Gasteiger partial charge in [0.2, 0.25) is 15.9 Å². The van der Waals surface area contributed by atoms with Gasteiger partial charge in [-0.05, 0) is 81.1 Å². The van der Waals surface area contributed by atoms with E-state index in [4.69, 9.17) is 11.6 Å². The third-order valence-corrected chi connectivity index (χ3v) is 8.61. The molecule has 0 spiro atoms. The lowest BCUT2D eigenvalue weighted by molar-refractivity contribution is -0.125. The first-order chi connectivity index (χ1) is 15.1. The van der Waals surface area contributed by atoms with Gasteiger partial charge in [-0.25, -0.2) is 8.42 Å². The van der Waals surface area contributed by atoms with E-state index < -0.39 is 10.0 Å². The van der Waals surface area contributed by atoms with Crippen LogP contribution >= 0.6 is 11.6 Å². The molecule has 0 aromatic heterocycles. The van der Waals surface area contributed by atoms with E-state index in [1.165, 1.54) is 9.87 Å². The fourth-order valence-corrected chi connectivity index (χ4v) is 6.05. The van der Waals surface area contributed by atoms with Gasteiger partial charge in [0.1, 0.15) is 6.04 Å². The Kier molecular flexibility index (Phi) is 7.98. The fraction of sp³-hybridized carbons (Fsp3) is 0.458. The van der Waals surface area contributed by atoms with Crippen molar-refractivity contribution in [1.29, 1.82) is 0 Å². The minimum Gasteiger partial charge on any atom is -0.358 e. The van der Waals surface area contributed by atoms with Crippen molar-refractivity contribution >= 4 is 27.5 Å². The second-order valence-electron chi connectivity index (χ2n) is 8.63. The molecular formula is C24H32ClN3O3S. The lowest BCUT2D eigenvalue weighted by Gasteiger charge is -2.34. The number of nitrogens with zero attached hydrogens (tertiary/aromatic N) is 2. The van der Waals surface area contributed by atoms with E-state index in [2.05, 4.69) is 17.4 Å². The van der Waals surface area contributed by atoms with Crippen LogP contribution in [0.15, 0.2) is 53.4 Å². The van der Waals surface area contributed by atoms with Crippen molar-refractivity contribution in [3.05, 3.63) is 64.7 Å². The minimum atomic E-state index is -3.54. The summed E-state index contributed by atoms with van der Waals surface area (Å²) >= 11 is 5.90. The van der Waals surface area contributed by atoms with Crippen LogP contribution < -0.4 is 5.32 Å². The van der Waals surface area contributed by atoms with E-state index in [1.54, 1.807) is 38.4 Å². The molecule has 1 amide bonds. The monoisotopic (exact) mass is 477 g/mol. The summed E-state index contributed by atoms with van der Waals surface area (Å²) in [7, 11) is 3.56. The van der Waals surface area contributed by atoms with Crippen molar-refractivity contribution in [3.8, 4) is 0 Å². The predicted molar refractivity (Wildman–Crippen MR) is 128 cm³/mol. The molecule has 2 aromatic rings. The molecule has 2 aromatic carbocycles. The maximum absolute atomic E-state index is 13.0. The van der Waals surface area contributed by atoms with Crippen LogP contribution in [0.4, 0.5) is 0 Å². The highest BCUT2D eigenvalue weighted by Crippen LogP contribution is 2.36. The van der Waals surface area contributed by atoms with E-state index in [-0.39, 0.29) is 22.9 Å². The molecular weight excluding hydrogens is 446 g/mol. The maximum Gasteiger partial charge on any atom is 0.243 e. The molecule has 1 aliphatic carbocycles. The SMILES string of the molecule is CNC(=O)C(c1ccc([C@H]2CC[C@H](N(C)S(=O)(=O)c3ccc(Cl)cc3)CC2)cc1)N(C)C. The standard InChI is InChI=1S/C24H32ClN3O3S/c1-26-24(29)23(27(2)3)19-7-5-17(6-8-19)18-9-13-21(14-10-18)28(4)32(30,31)22-15-11-20(25)12-16-22/h5-8,11-12,15-16,18,21,23H,9-10,13-14H2,1-4H3,(H,26,29)/t18-,21-,23?. The molecule has 1 fully saturated rings. The van der Waals surface area contributed by atoms with Crippen LogP contribution in [0.3, 0.4) is 0 Å². The van der Waals surface area contributed by atoms with Crippen LogP contribution in [0.25, 0.3) is 0 Å². The van der Waals surface area contributed by atoms with Gasteiger partial charge in [0.05, 0.1) is 4.90 Å². The van der Waals surface area contributed by atoms with Crippen molar-refractivity contribution in [2.75, 3.05) is 28.2 Å². The van der Waals surface area contributed by atoms with Crippen LogP contribution in [0.5, 0.6) is 0 Å². The second-order valence-corrected chi connectivity index (χ2v) is 11.1. The second kappa shape index (κ2) is 10.3. The zero-order valence-electron chi connectivity index (χ0n) is 19.1. The lowest BCUT2D eigenvalue weighted by Crippen LogP contribution is -2.39. The largest absolute Gasteiger partial charge is 0.358 e. The number of hydrogen-bond acceptors (Lipinski definition) is 4. The predicted octanol–water partition coefficient (Wildman–Crippen LogP) is 4.04. The first-order valence-electron chi connectivity index (χ1n) is 10.9. The molecule has 3 rings (SSSR count). The van der Waals surface area contributed by atoms with Gasteiger partial charge < -0.3 is 5.32 Å². The summed E-state index contributed by atoms with van der Waals surface area (Å²) in [6, 6.07) is 14.2. The van der Waals surface area contributed by atoms with Gasteiger partial charge >= 0.3 is 0 Å². The molecule has 1 N–H and O–H groups in total. The minimum absolute atomic E-state index is 0.0161. The highest BCUT2D eigenvalue weighted by Gasteiger charge is 2.32. The Labute approximate surface area is 196 Å². The number of sulfonamides is 1. The molecule has 1 atom stereocenters. The Morgan fingerprint density at radius 1 is 0.969 bits per heavy atom. The number of halogens is 1. The van der Waals surface area contributed by atoms with Gasteiger partial charge in [0.25, 0.3) is 0 Å². The topological polar surface area (TPSA) is 69.7 Å². The van der Waals surface area contributed by atoms with Crippen LogP contribution in [-0.2, 0) is 14.8 Å². The Morgan fingerprint density at radius 2 is 1.53 bits per heavy atom.